The van der Waals surface area contributed by atoms with Gasteiger partial charge >= 0.3 is 5.91 Å². The Kier molecular flexibility index (Phi) is 4.57. The topological polar surface area (TPSA) is 85.4 Å². The molecule has 0 saturated carbocycles. The number of halogens is 1. The van der Waals surface area contributed by atoms with Gasteiger partial charge in [0.2, 0.25) is 12.0 Å². The molecule has 1 atom stereocenters. The summed E-state index contributed by atoms with van der Waals surface area (Å²) in [5, 5.41) is 19.0. The van der Waals surface area contributed by atoms with Gasteiger partial charge in [0.05, 0.1) is 5.52 Å². The van der Waals surface area contributed by atoms with Gasteiger partial charge in [-0.2, -0.15) is 0 Å². The van der Waals surface area contributed by atoms with Crippen LogP contribution in [0.1, 0.15) is 6.92 Å². The Labute approximate surface area is 163 Å². The average molecular weight is 430 g/mol. The number of carbonyl (C=O) groups is 1. The minimum Gasteiger partial charge on any atom is -0.493 e. The molecule has 1 amide bonds. The van der Waals surface area contributed by atoms with Crippen molar-refractivity contribution in [3.8, 4) is 17.4 Å². The zero-order valence-electron chi connectivity index (χ0n) is 14.4. The highest BCUT2D eigenvalue weighted by molar-refractivity contribution is 9.10. The molecule has 27 heavy (non-hydrogen) atoms. The molecule has 0 spiro atoms. The van der Waals surface area contributed by atoms with E-state index in [0.717, 1.165) is 9.99 Å². The molecule has 0 aliphatic carbocycles. The summed E-state index contributed by atoms with van der Waals surface area (Å²) in [4.78, 5) is 12.4. The standard InChI is InChI=1S/C19H16BrN3O4/c1-2-23-13-8-7-11(20)9-12(13)17(19(23)25)21-22-18(24)16-10-26-14-5-3-4-6-15(14)27-16/h3-9,16,25H,2,10H2,1H3/t16-/m0/s1. The van der Waals surface area contributed by atoms with Crippen molar-refractivity contribution in [3.63, 3.8) is 0 Å². The summed E-state index contributed by atoms with van der Waals surface area (Å²) in [7, 11) is 0. The molecule has 2 heterocycles. The summed E-state index contributed by atoms with van der Waals surface area (Å²) in [6, 6.07) is 12.7. The molecule has 4 rings (SSSR count). The largest absolute Gasteiger partial charge is 0.493 e. The smallest absolute Gasteiger partial charge is 0.308 e. The van der Waals surface area contributed by atoms with Gasteiger partial charge in [0.25, 0.3) is 0 Å². The molecule has 0 fully saturated rings. The summed E-state index contributed by atoms with van der Waals surface area (Å²) >= 11 is 3.41. The van der Waals surface area contributed by atoms with Crippen molar-refractivity contribution < 1.29 is 19.4 Å². The van der Waals surface area contributed by atoms with E-state index in [2.05, 4.69) is 26.2 Å². The van der Waals surface area contributed by atoms with E-state index in [0.29, 0.717) is 23.4 Å². The van der Waals surface area contributed by atoms with Crippen LogP contribution < -0.4 is 9.47 Å². The lowest BCUT2D eigenvalue weighted by Crippen LogP contribution is -2.35. The van der Waals surface area contributed by atoms with Crippen LogP contribution in [0.25, 0.3) is 10.9 Å². The molecular weight excluding hydrogens is 414 g/mol. The van der Waals surface area contributed by atoms with Gasteiger partial charge in [0.1, 0.15) is 6.61 Å². The first-order chi connectivity index (χ1) is 13.1. The fraction of sp³-hybridized carbons (Fsp3) is 0.211. The highest BCUT2D eigenvalue weighted by Crippen LogP contribution is 2.40. The molecule has 7 nitrogen and oxygen atoms in total. The predicted molar refractivity (Wildman–Crippen MR) is 103 cm³/mol. The molecule has 2 aromatic carbocycles. The molecule has 1 aliphatic heterocycles. The first-order valence-electron chi connectivity index (χ1n) is 8.43. The molecular formula is C19H16BrN3O4. The first kappa shape index (κ1) is 17.5. The van der Waals surface area contributed by atoms with Crippen LogP contribution in [-0.4, -0.2) is 28.3 Å². The van der Waals surface area contributed by atoms with Gasteiger partial charge in [-0.1, -0.05) is 28.1 Å². The highest BCUT2D eigenvalue weighted by atomic mass is 79.9. The second-order valence-corrected chi connectivity index (χ2v) is 6.90. The number of carbonyl (C=O) groups excluding carboxylic acids is 1. The third kappa shape index (κ3) is 3.16. The number of rotatable bonds is 3. The van der Waals surface area contributed by atoms with Gasteiger partial charge < -0.3 is 19.1 Å². The quantitative estimate of drug-likeness (QED) is 0.617. The number of fused-ring (bicyclic) bond motifs is 2. The van der Waals surface area contributed by atoms with E-state index in [1.54, 1.807) is 22.8 Å². The maximum absolute atomic E-state index is 12.4. The van der Waals surface area contributed by atoms with Crippen LogP contribution in [0.3, 0.4) is 0 Å². The number of aromatic hydroxyl groups is 1. The fourth-order valence-electron chi connectivity index (χ4n) is 3.02. The van der Waals surface area contributed by atoms with Crippen molar-refractivity contribution in [2.24, 2.45) is 10.2 Å². The third-order valence-electron chi connectivity index (χ3n) is 4.32. The zero-order valence-corrected chi connectivity index (χ0v) is 16.0. The van der Waals surface area contributed by atoms with E-state index in [9.17, 15) is 9.90 Å². The Hall–Kier alpha value is -2.87. The Morgan fingerprint density at radius 3 is 2.85 bits per heavy atom. The molecule has 0 saturated heterocycles. The van der Waals surface area contributed by atoms with Crippen molar-refractivity contribution >= 4 is 38.4 Å². The van der Waals surface area contributed by atoms with Crippen LogP contribution in [-0.2, 0) is 11.3 Å². The summed E-state index contributed by atoms with van der Waals surface area (Å²) in [6.45, 7) is 2.53. The van der Waals surface area contributed by atoms with Crippen molar-refractivity contribution in [2.75, 3.05) is 6.61 Å². The Morgan fingerprint density at radius 1 is 1.30 bits per heavy atom. The van der Waals surface area contributed by atoms with Gasteiger partial charge in [-0.25, -0.2) is 0 Å². The van der Waals surface area contributed by atoms with Crippen molar-refractivity contribution in [3.05, 3.63) is 46.9 Å². The number of aryl methyl sites for hydroxylation is 1. The number of aromatic nitrogens is 1. The predicted octanol–water partition coefficient (Wildman–Crippen LogP) is 4.58. The lowest BCUT2D eigenvalue weighted by molar-refractivity contribution is -0.127. The first-order valence-corrected chi connectivity index (χ1v) is 9.22. The molecule has 0 unspecified atom stereocenters. The van der Waals surface area contributed by atoms with Crippen LogP contribution in [0.5, 0.6) is 17.4 Å². The number of amides is 1. The van der Waals surface area contributed by atoms with E-state index < -0.39 is 12.0 Å². The van der Waals surface area contributed by atoms with Crippen LogP contribution in [0.15, 0.2) is 57.2 Å². The minimum atomic E-state index is -0.878. The summed E-state index contributed by atoms with van der Waals surface area (Å²) in [5.74, 6) is 0.475. The van der Waals surface area contributed by atoms with Crippen LogP contribution in [0.4, 0.5) is 5.69 Å². The number of hydrogen-bond acceptors (Lipinski definition) is 5. The van der Waals surface area contributed by atoms with E-state index in [4.69, 9.17) is 9.47 Å². The lowest BCUT2D eigenvalue weighted by atomic mass is 10.2. The molecule has 1 aromatic heterocycles. The van der Waals surface area contributed by atoms with Gasteiger partial charge in [-0.05, 0) is 37.3 Å². The van der Waals surface area contributed by atoms with Crippen molar-refractivity contribution in [1.82, 2.24) is 4.57 Å². The maximum Gasteiger partial charge on any atom is 0.308 e. The van der Waals surface area contributed by atoms with E-state index in [1.165, 1.54) is 0 Å². The van der Waals surface area contributed by atoms with Gasteiger partial charge in [-0.15, -0.1) is 10.2 Å². The molecule has 0 radical (unpaired) electrons. The van der Waals surface area contributed by atoms with Gasteiger partial charge in [0.15, 0.2) is 17.2 Å². The van der Waals surface area contributed by atoms with Crippen LogP contribution in [0.2, 0.25) is 0 Å². The molecule has 3 aromatic rings. The third-order valence-corrected chi connectivity index (χ3v) is 4.81. The van der Waals surface area contributed by atoms with Crippen LogP contribution in [0, 0.1) is 0 Å². The second kappa shape index (κ2) is 7.03. The molecule has 1 N–H and O–H groups in total. The summed E-state index contributed by atoms with van der Waals surface area (Å²) in [6.07, 6.45) is -0.878. The Bertz CT molecular complexity index is 1060. The number of para-hydroxylation sites is 2. The molecule has 8 heteroatoms. The van der Waals surface area contributed by atoms with E-state index >= 15 is 0 Å². The van der Waals surface area contributed by atoms with Gasteiger partial charge in [-0.3, -0.25) is 4.79 Å². The Balaban J connectivity index is 1.63. The minimum absolute atomic E-state index is 0.0340. The lowest BCUT2D eigenvalue weighted by Gasteiger charge is -2.23. The fourth-order valence-corrected chi connectivity index (χ4v) is 3.38. The van der Waals surface area contributed by atoms with E-state index in [1.807, 2.05) is 31.2 Å². The Morgan fingerprint density at radius 2 is 2.07 bits per heavy atom. The average Bonchev–Trinajstić information content (AvgIpc) is 2.95. The van der Waals surface area contributed by atoms with Crippen molar-refractivity contribution in [2.45, 2.75) is 19.6 Å². The summed E-state index contributed by atoms with van der Waals surface area (Å²) < 4.78 is 13.7. The molecule has 138 valence electrons. The second-order valence-electron chi connectivity index (χ2n) is 5.98. The maximum atomic E-state index is 12.4. The molecule has 0 bridgehead atoms. The monoisotopic (exact) mass is 429 g/mol. The number of benzene rings is 2. The zero-order chi connectivity index (χ0) is 19.0. The van der Waals surface area contributed by atoms with Crippen molar-refractivity contribution in [1.29, 1.82) is 0 Å². The number of hydrogen-bond donors (Lipinski definition) is 1. The SMILES string of the molecule is CCn1c(O)c(N=NC(=O)[C@@H]2COc3ccccc3O2)c2cc(Br)ccc21. The number of ether oxygens (including phenoxy) is 2. The number of azo groups is 1. The summed E-state index contributed by atoms with van der Waals surface area (Å²) in [5.41, 5.74) is 1.06. The van der Waals surface area contributed by atoms with Gasteiger partial charge in [0, 0.05) is 16.4 Å². The van der Waals surface area contributed by atoms with E-state index in [-0.39, 0.29) is 18.2 Å². The number of nitrogens with zero attached hydrogens (tertiary/aromatic N) is 3. The van der Waals surface area contributed by atoms with Crippen LogP contribution >= 0.6 is 15.9 Å². The molecule has 1 aliphatic rings. The highest BCUT2D eigenvalue weighted by Gasteiger charge is 2.27. The normalized spacial score (nSPS) is 16.1.